The molecule has 1 saturated heterocycles. The Bertz CT molecular complexity index is 842. The number of para-hydroxylation sites is 1. The first kappa shape index (κ1) is 18.0. The van der Waals surface area contributed by atoms with Gasteiger partial charge in [0.05, 0.1) is 0 Å². The fourth-order valence-electron chi connectivity index (χ4n) is 3.00. The number of aromatic nitrogens is 1. The Morgan fingerprint density at radius 2 is 1.96 bits per heavy atom. The minimum atomic E-state index is -0.656. The summed E-state index contributed by atoms with van der Waals surface area (Å²) in [6.07, 6.45) is 2.24. The smallest absolute Gasteiger partial charge is 0.325 e. The topological polar surface area (TPSA) is 94.3 Å². The van der Waals surface area contributed by atoms with Gasteiger partial charge in [-0.25, -0.2) is 4.79 Å². The van der Waals surface area contributed by atoms with Crippen molar-refractivity contribution in [1.29, 1.82) is 0 Å². The predicted octanol–water partition coefficient (Wildman–Crippen LogP) is 1.79. The fourth-order valence-corrected chi connectivity index (χ4v) is 3.00. The molecule has 1 fully saturated rings. The van der Waals surface area contributed by atoms with E-state index in [1.165, 1.54) is 0 Å². The maximum atomic E-state index is 12.6. The van der Waals surface area contributed by atoms with Crippen LogP contribution in [0.3, 0.4) is 0 Å². The lowest BCUT2D eigenvalue weighted by Crippen LogP contribution is -2.45. The van der Waals surface area contributed by atoms with Crippen LogP contribution < -0.4 is 10.6 Å². The van der Waals surface area contributed by atoms with Crippen molar-refractivity contribution in [1.82, 2.24) is 20.5 Å². The standard InChI is InChI=1S/C19H24N4O3/c1-11(2)12(3)21-17(24)10-23-18(25)16(22-19(23)26)8-13-9-20-15-7-5-4-6-14(13)15/h4-7,9,11-12,16,20H,8,10H2,1-3H3,(H,21,24)(H,22,26)/t12-,16-/m0/s1. The summed E-state index contributed by atoms with van der Waals surface area (Å²) in [7, 11) is 0. The molecular formula is C19H24N4O3. The molecule has 138 valence electrons. The molecule has 7 nitrogen and oxygen atoms in total. The van der Waals surface area contributed by atoms with Crippen LogP contribution in [0.2, 0.25) is 0 Å². The van der Waals surface area contributed by atoms with Crippen LogP contribution in [0.25, 0.3) is 10.9 Å². The number of benzene rings is 1. The van der Waals surface area contributed by atoms with Crippen molar-refractivity contribution in [2.75, 3.05) is 6.54 Å². The van der Waals surface area contributed by atoms with Gasteiger partial charge in [-0.05, 0) is 24.5 Å². The van der Waals surface area contributed by atoms with Gasteiger partial charge in [-0.1, -0.05) is 32.0 Å². The lowest BCUT2D eigenvalue weighted by atomic mass is 10.1. The maximum absolute atomic E-state index is 12.6. The largest absolute Gasteiger partial charge is 0.361 e. The molecule has 3 N–H and O–H groups in total. The van der Waals surface area contributed by atoms with Crippen molar-refractivity contribution in [2.45, 2.75) is 39.3 Å². The average molecular weight is 356 g/mol. The lowest BCUT2D eigenvalue weighted by molar-refractivity contribution is -0.132. The second-order valence-electron chi connectivity index (χ2n) is 7.09. The Morgan fingerprint density at radius 1 is 1.23 bits per heavy atom. The molecule has 0 unspecified atom stereocenters. The number of nitrogens with one attached hydrogen (secondary N) is 3. The van der Waals surface area contributed by atoms with Crippen molar-refractivity contribution < 1.29 is 14.4 Å². The van der Waals surface area contributed by atoms with Crippen molar-refractivity contribution in [2.24, 2.45) is 5.92 Å². The van der Waals surface area contributed by atoms with E-state index in [2.05, 4.69) is 15.6 Å². The zero-order valence-electron chi connectivity index (χ0n) is 15.2. The number of rotatable bonds is 6. The number of imide groups is 1. The molecule has 3 rings (SSSR count). The summed E-state index contributed by atoms with van der Waals surface area (Å²) in [5, 5.41) is 6.52. The molecule has 26 heavy (non-hydrogen) atoms. The number of hydrogen-bond acceptors (Lipinski definition) is 3. The highest BCUT2D eigenvalue weighted by molar-refractivity contribution is 6.06. The average Bonchev–Trinajstić information content (AvgIpc) is 3.11. The van der Waals surface area contributed by atoms with E-state index < -0.39 is 12.1 Å². The Balaban J connectivity index is 1.66. The van der Waals surface area contributed by atoms with Crippen LogP contribution in [0.15, 0.2) is 30.5 Å². The molecule has 0 spiro atoms. The number of urea groups is 1. The fraction of sp³-hybridized carbons (Fsp3) is 0.421. The first-order valence-corrected chi connectivity index (χ1v) is 8.83. The van der Waals surface area contributed by atoms with Gasteiger partial charge in [-0.2, -0.15) is 0 Å². The highest BCUT2D eigenvalue weighted by Crippen LogP contribution is 2.21. The number of aromatic amines is 1. The summed E-state index contributed by atoms with van der Waals surface area (Å²) in [5.74, 6) is -0.424. The number of carbonyl (C=O) groups excluding carboxylic acids is 3. The first-order valence-electron chi connectivity index (χ1n) is 8.83. The third-order valence-corrected chi connectivity index (χ3v) is 4.90. The Hall–Kier alpha value is -2.83. The van der Waals surface area contributed by atoms with Gasteiger partial charge in [0.2, 0.25) is 5.91 Å². The molecule has 7 heteroatoms. The maximum Gasteiger partial charge on any atom is 0.325 e. The zero-order chi connectivity index (χ0) is 18.8. The minimum absolute atomic E-state index is 0.0229. The molecule has 0 bridgehead atoms. The van der Waals surface area contributed by atoms with E-state index in [1.807, 2.05) is 51.2 Å². The number of nitrogens with zero attached hydrogens (tertiary/aromatic N) is 1. The number of carbonyl (C=O) groups is 3. The van der Waals surface area contributed by atoms with Crippen LogP contribution in [-0.2, 0) is 16.0 Å². The van der Waals surface area contributed by atoms with Crippen molar-refractivity contribution in [3.8, 4) is 0 Å². The molecule has 0 aliphatic carbocycles. The van der Waals surface area contributed by atoms with E-state index in [9.17, 15) is 14.4 Å². The first-order chi connectivity index (χ1) is 12.4. The summed E-state index contributed by atoms with van der Waals surface area (Å²) in [5.41, 5.74) is 1.94. The normalized spacial score (nSPS) is 18.5. The van der Waals surface area contributed by atoms with Gasteiger partial charge in [-0.15, -0.1) is 0 Å². The van der Waals surface area contributed by atoms with Gasteiger partial charge in [0.25, 0.3) is 5.91 Å². The summed E-state index contributed by atoms with van der Waals surface area (Å²) in [4.78, 5) is 41.0. The lowest BCUT2D eigenvalue weighted by Gasteiger charge is -2.19. The predicted molar refractivity (Wildman–Crippen MR) is 98.5 cm³/mol. The molecule has 1 aliphatic heterocycles. The monoisotopic (exact) mass is 356 g/mol. The highest BCUT2D eigenvalue weighted by atomic mass is 16.2. The van der Waals surface area contributed by atoms with E-state index in [1.54, 1.807) is 0 Å². The minimum Gasteiger partial charge on any atom is -0.361 e. The van der Waals surface area contributed by atoms with Gasteiger partial charge in [0.15, 0.2) is 0 Å². The molecule has 2 atom stereocenters. The second kappa shape index (κ2) is 7.19. The van der Waals surface area contributed by atoms with Gasteiger partial charge in [-0.3, -0.25) is 14.5 Å². The van der Waals surface area contributed by atoms with Gasteiger partial charge < -0.3 is 15.6 Å². The zero-order valence-corrected chi connectivity index (χ0v) is 15.2. The number of amides is 4. The van der Waals surface area contributed by atoms with Crippen LogP contribution in [0, 0.1) is 5.92 Å². The molecule has 0 radical (unpaired) electrons. The van der Waals surface area contributed by atoms with E-state index in [4.69, 9.17) is 0 Å². The van der Waals surface area contributed by atoms with Crippen LogP contribution in [0.4, 0.5) is 4.79 Å². The van der Waals surface area contributed by atoms with Crippen LogP contribution >= 0.6 is 0 Å². The number of hydrogen-bond donors (Lipinski definition) is 3. The van der Waals surface area contributed by atoms with E-state index in [0.29, 0.717) is 6.42 Å². The quantitative estimate of drug-likeness (QED) is 0.689. The number of fused-ring (bicyclic) bond motifs is 1. The summed E-state index contributed by atoms with van der Waals surface area (Å²) in [6.45, 7) is 5.63. The van der Waals surface area contributed by atoms with Crippen molar-refractivity contribution in [3.05, 3.63) is 36.0 Å². The third-order valence-electron chi connectivity index (χ3n) is 4.90. The van der Waals surface area contributed by atoms with Gasteiger partial charge in [0.1, 0.15) is 12.6 Å². The van der Waals surface area contributed by atoms with E-state index in [-0.39, 0.29) is 30.3 Å². The summed E-state index contributed by atoms with van der Waals surface area (Å²) in [6, 6.07) is 6.60. The molecule has 2 heterocycles. The molecule has 4 amide bonds. The van der Waals surface area contributed by atoms with Crippen molar-refractivity contribution in [3.63, 3.8) is 0 Å². The second-order valence-corrected chi connectivity index (χ2v) is 7.09. The highest BCUT2D eigenvalue weighted by Gasteiger charge is 2.39. The molecule has 1 aliphatic rings. The molecule has 1 aromatic carbocycles. The van der Waals surface area contributed by atoms with Crippen LogP contribution in [-0.4, -0.2) is 46.4 Å². The number of H-pyrrole nitrogens is 1. The van der Waals surface area contributed by atoms with E-state index in [0.717, 1.165) is 21.4 Å². The summed E-state index contributed by atoms with van der Waals surface area (Å²) >= 11 is 0. The molecular weight excluding hydrogens is 332 g/mol. The van der Waals surface area contributed by atoms with E-state index >= 15 is 0 Å². The van der Waals surface area contributed by atoms with Crippen molar-refractivity contribution >= 4 is 28.7 Å². The van der Waals surface area contributed by atoms with Crippen LogP contribution in [0.5, 0.6) is 0 Å². The van der Waals surface area contributed by atoms with Crippen LogP contribution in [0.1, 0.15) is 26.3 Å². The molecule has 2 aromatic rings. The van der Waals surface area contributed by atoms with Gasteiger partial charge in [0, 0.05) is 29.6 Å². The SMILES string of the molecule is CC(C)[C@H](C)NC(=O)CN1C(=O)N[C@@H](Cc2c[nH]c3ccccc23)C1=O. The molecule has 1 aromatic heterocycles. The summed E-state index contributed by atoms with van der Waals surface area (Å²) < 4.78 is 0. The third kappa shape index (κ3) is 3.56. The van der Waals surface area contributed by atoms with Gasteiger partial charge >= 0.3 is 6.03 Å². The Kier molecular flexibility index (Phi) is 4.97. The Morgan fingerprint density at radius 3 is 2.69 bits per heavy atom. The molecule has 0 saturated carbocycles. The Labute approximate surface area is 152 Å².